The van der Waals surface area contributed by atoms with E-state index in [-0.39, 0.29) is 23.2 Å². The molecular formula is C23H34O5. The zero-order valence-corrected chi connectivity index (χ0v) is 17.1. The van der Waals surface area contributed by atoms with Crippen molar-refractivity contribution >= 4 is 0 Å². The molecule has 5 heteroatoms. The highest BCUT2D eigenvalue weighted by atomic mass is 16.7. The van der Waals surface area contributed by atoms with E-state index >= 15 is 0 Å². The van der Waals surface area contributed by atoms with E-state index in [1.807, 2.05) is 0 Å². The van der Waals surface area contributed by atoms with Gasteiger partial charge in [-0.15, -0.1) is 0 Å². The molecule has 0 bridgehead atoms. The first-order chi connectivity index (χ1) is 13.6. The lowest BCUT2D eigenvalue weighted by Gasteiger charge is -2.59. The first-order valence-electron chi connectivity index (χ1n) is 11.4. The average Bonchev–Trinajstić information content (AvgIpc) is 3.43. The van der Waals surface area contributed by atoms with Gasteiger partial charge in [0.15, 0.2) is 11.6 Å². The Hall–Kier alpha value is -0.460. The Kier molecular flexibility index (Phi) is 3.95. The maximum atomic E-state index is 10.7. The molecule has 3 saturated carbocycles. The number of fused-ring (bicyclic) bond motifs is 6. The minimum Gasteiger partial charge on any atom is -0.395 e. The summed E-state index contributed by atoms with van der Waals surface area (Å²) in [5, 5.41) is 10.7. The molecule has 5 atom stereocenters. The monoisotopic (exact) mass is 390 g/mol. The number of hydrogen-bond donors (Lipinski definition) is 1. The third-order valence-corrected chi connectivity index (χ3v) is 9.73. The predicted molar refractivity (Wildman–Crippen MR) is 102 cm³/mol. The molecule has 0 aromatic heterocycles. The van der Waals surface area contributed by atoms with Gasteiger partial charge in [-0.1, -0.05) is 18.6 Å². The molecule has 156 valence electrons. The molecule has 5 nitrogen and oxygen atoms in total. The van der Waals surface area contributed by atoms with Gasteiger partial charge in [0.25, 0.3) is 0 Å². The van der Waals surface area contributed by atoms with Crippen LogP contribution in [0.1, 0.15) is 58.3 Å². The number of aliphatic hydroxyl groups is 1. The second kappa shape index (κ2) is 6.04. The highest BCUT2D eigenvalue weighted by Gasteiger charge is 2.67. The summed E-state index contributed by atoms with van der Waals surface area (Å²) in [4.78, 5) is 0. The summed E-state index contributed by atoms with van der Waals surface area (Å²) in [5.41, 5.74) is 1.45. The summed E-state index contributed by atoms with van der Waals surface area (Å²) in [6.07, 6.45) is 10.8. The lowest BCUT2D eigenvalue weighted by molar-refractivity contribution is -0.245. The lowest BCUT2D eigenvalue weighted by Crippen LogP contribution is -2.57. The van der Waals surface area contributed by atoms with Crippen molar-refractivity contribution in [3.8, 4) is 0 Å². The molecule has 2 spiro atoms. The molecular weight excluding hydrogens is 356 g/mol. The van der Waals surface area contributed by atoms with E-state index in [0.717, 1.165) is 51.7 Å². The Morgan fingerprint density at radius 3 is 2.39 bits per heavy atom. The Bertz CT molecular complexity index is 676. The highest BCUT2D eigenvalue weighted by molar-refractivity contribution is 5.28. The van der Waals surface area contributed by atoms with E-state index in [4.69, 9.17) is 18.9 Å². The van der Waals surface area contributed by atoms with Crippen molar-refractivity contribution < 1.29 is 24.1 Å². The van der Waals surface area contributed by atoms with Crippen LogP contribution in [0.3, 0.4) is 0 Å². The molecule has 0 aromatic carbocycles. The van der Waals surface area contributed by atoms with Crippen LogP contribution < -0.4 is 0 Å². The van der Waals surface area contributed by atoms with Crippen molar-refractivity contribution in [1.82, 2.24) is 0 Å². The summed E-state index contributed by atoms with van der Waals surface area (Å²) in [6, 6.07) is 0. The van der Waals surface area contributed by atoms with Gasteiger partial charge in [-0.05, 0) is 49.9 Å². The molecule has 1 N–H and O–H groups in total. The topological polar surface area (TPSA) is 57.2 Å². The second-order valence-corrected chi connectivity index (χ2v) is 10.4. The van der Waals surface area contributed by atoms with Crippen molar-refractivity contribution in [3.63, 3.8) is 0 Å². The molecule has 6 aliphatic rings. The van der Waals surface area contributed by atoms with Gasteiger partial charge in [-0.2, -0.15) is 0 Å². The zero-order valence-electron chi connectivity index (χ0n) is 17.1. The maximum absolute atomic E-state index is 10.7. The van der Waals surface area contributed by atoms with Crippen LogP contribution >= 0.6 is 0 Å². The van der Waals surface area contributed by atoms with Gasteiger partial charge in [-0.3, -0.25) is 0 Å². The fourth-order valence-corrected chi connectivity index (χ4v) is 8.34. The maximum Gasteiger partial charge on any atom is 0.174 e. The van der Waals surface area contributed by atoms with Crippen molar-refractivity contribution in [2.24, 2.45) is 28.6 Å². The van der Waals surface area contributed by atoms with Gasteiger partial charge in [-0.25, -0.2) is 0 Å². The average molecular weight is 391 g/mol. The van der Waals surface area contributed by atoms with Crippen molar-refractivity contribution in [1.29, 1.82) is 0 Å². The standard InChI is InChI=1S/C23H34O5/c1-20-6-4-19-17(18(20)5-7-23(20)27-12-13-28-23)3-2-16-14-22(25-10-11-26-22)9-8-21(16,19)15-24/h2,17-19,24H,3-15H2,1H3. The molecule has 0 radical (unpaired) electrons. The zero-order chi connectivity index (χ0) is 19.0. The molecule has 2 heterocycles. The van der Waals surface area contributed by atoms with Crippen LogP contribution in [0.4, 0.5) is 0 Å². The van der Waals surface area contributed by atoms with Crippen LogP contribution in [0.2, 0.25) is 0 Å². The Labute approximate surface area is 167 Å². The van der Waals surface area contributed by atoms with Crippen LogP contribution in [-0.2, 0) is 18.9 Å². The van der Waals surface area contributed by atoms with Gasteiger partial charge >= 0.3 is 0 Å². The summed E-state index contributed by atoms with van der Waals surface area (Å²) < 4.78 is 24.6. The number of aliphatic hydroxyl groups excluding tert-OH is 1. The van der Waals surface area contributed by atoms with Crippen LogP contribution in [-0.4, -0.2) is 49.7 Å². The first kappa shape index (κ1) is 18.3. The Morgan fingerprint density at radius 1 is 0.929 bits per heavy atom. The molecule has 0 aromatic rings. The van der Waals surface area contributed by atoms with Crippen molar-refractivity contribution in [3.05, 3.63) is 11.6 Å². The van der Waals surface area contributed by atoms with Crippen LogP contribution in [0.15, 0.2) is 11.6 Å². The van der Waals surface area contributed by atoms with Crippen LogP contribution in [0, 0.1) is 28.6 Å². The SMILES string of the molecule is CC12CCC3C(CC=C4CC5(CCC43CO)OCCO5)C1CCC21OCCO1. The number of allylic oxidation sites excluding steroid dienone is 1. The summed E-state index contributed by atoms with van der Waals surface area (Å²) in [5.74, 6) is 1.05. The molecule has 2 saturated heterocycles. The van der Waals surface area contributed by atoms with E-state index < -0.39 is 5.79 Å². The fourth-order valence-electron chi connectivity index (χ4n) is 8.34. The van der Waals surface area contributed by atoms with Gasteiger partial charge in [0.05, 0.1) is 33.0 Å². The minimum absolute atomic E-state index is 0.0715. The Balaban J connectivity index is 1.34. The smallest absolute Gasteiger partial charge is 0.174 e. The molecule has 28 heavy (non-hydrogen) atoms. The van der Waals surface area contributed by atoms with E-state index in [0.29, 0.717) is 31.0 Å². The van der Waals surface area contributed by atoms with Crippen molar-refractivity contribution in [2.75, 3.05) is 33.0 Å². The van der Waals surface area contributed by atoms with Gasteiger partial charge in [0.1, 0.15) is 0 Å². The highest BCUT2D eigenvalue weighted by Crippen LogP contribution is 2.69. The Morgan fingerprint density at radius 2 is 1.64 bits per heavy atom. The molecule has 0 amide bonds. The van der Waals surface area contributed by atoms with E-state index in [1.54, 1.807) is 0 Å². The predicted octanol–water partition coefficient (Wildman–Crippen LogP) is 3.41. The van der Waals surface area contributed by atoms with Gasteiger partial charge in [0, 0.05) is 30.1 Å². The lowest BCUT2D eigenvalue weighted by atomic mass is 9.47. The van der Waals surface area contributed by atoms with E-state index in [1.165, 1.54) is 18.4 Å². The second-order valence-electron chi connectivity index (χ2n) is 10.4. The van der Waals surface area contributed by atoms with Crippen LogP contribution in [0.5, 0.6) is 0 Å². The fraction of sp³-hybridized carbons (Fsp3) is 0.913. The van der Waals surface area contributed by atoms with Crippen molar-refractivity contribution in [2.45, 2.75) is 69.9 Å². The first-order valence-corrected chi connectivity index (χ1v) is 11.4. The number of hydrogen-bond acceptors (Lipinski definition) is 5. The van der Waals surface area contributed by atoms with Gasteiger partial charge < -0.3 is 24.1 Å². The normalized spacial score (nSPS) is 48.4. The third-order valence-electron chi connectivity index (χ3n) is 9.73. The third kappa shape index (κ3) is 2.15. The molecule has 2 aliphatic heterocycles. The summed E-state index contributed by atoms with van der Waals surface area (Å²) in [6.45, 7) is 5.57. The largest absolute Gasteiger partial charge is 0.395 e. The number of ether oxygens (including phenoxy) is 4. The van der Waals surface area contributed by atoms with Gasteiger partial charge in [0.2, 0.25) is 0 Å². The summed E-state index contributed by atoms with van der Waals surface area (Å²) in [7, 11) is 0. The van der Waals surface area contributed by atoms with E-state index in [2.05, 4.69) is 13.0 Å². The molecule has 5 fully saturated rings. The minimum atomic E-state index is -0.413. The number of rotatable bonds is 1. The molecule has 4 aliphatic carbocycles. The van der Waals surface area contributed by atoms with Crippen LogP contribution in [0.25, 0.3) is 0 Å². The molecule has 6 rings (SSSR count). The van der Waals surface area contributed by atoms with E-state index in [9.17, 15) is 5.11 Å². The summed E-state index contributed by atoms with van der Waals surface area (Å²) >= 11 is 0. The quantitative estimate of drug-likeness (QED) is 0.696. The molecule has 5 unspecified atom stereocenters.